The molecule has 1 aromatic rings. The number of hydrogen-bond donors (Lipinski definition) is 1. The SMILES string of the molecule is N#Cc1cccnc1N1CCOC(C(=O)NC2CC2)C1. The predicted octanol–water partition coefficient (Wildman–Crippen LogP) is 0.437. The van der Waals surface area contributed by atoms with Crippen molar-refractivity contribution in [1.29, 1.82) is 5.26 Å². The van der Waals surface area contributed by atoms with Gasteiger partial charge in [0.25, 0.3) is 5.91 Å². The maximum Gasteiger partial charge on any atom is 0.251 e. The third-order valence-corrected chi connectivity index (χ3v) is 3.49. The van der Waals surface area contributed by atoms with Gasteiger partial charge in [0.1, 0.15) is 11.9 Å². The van der Waals surface area contributed by atoms with Gasteiger partial charge in [-0.3, -0.25) is 4.79 Å². The van der Waals surface area contributed by atoms with E-state index in [9.17, 15) is 4.79 Å². The lowest BCUT2D eigenvalue weighted by Crippen LogP contribution is -2.50. The molecular weight excluding hydrogens is 256 g/mol. The van der Waals surface area contributed by atoms with Gasteiger partial charge in [-0.15, -0.1) is 0 Å². The molecule has 1 aliphatic carbocycles. The molecule has 1 aromatic heterocycles. The van der Waals surface area contributed by atoms with E-state index in [1.54, 1.807) is 18.3 Å². The zero-order chi connectivity index (χ0) is 13.9. The lowest BCUT2D eigenvalue weighted by molar-refractivity contribution is -0.133. The molecule has 20 heavy (non-hydrogen) atoms. The van der Waals surface area contributed by atoms with Crippen molar-refractivity contribution in [2.24, 2.45) is 0 Å². The molecule has 0 bridgehead atoms. The van der Waals surface area contributed by atoms with Crippen LogP contribution in [0.25, 0.3) is 0 Å². The van der Waals surface area contributed by atoms with Crippen molar-refractivity contribution >= 4 is 11.7 Å². The van der Waals surface area contributed by atoms with E-state index in [2.05, 4.69) is 16.4 Å². The average molecular weight is 272 g/mol. The first kappa shape index (κ1) is 12.9. The predicted molar refractivity (Wildman–Crippen MR) is 72.1 cm³/mol. The van der Waals surface area contributed by atoms with Gasteiger partial charge < -0.3 is 15.0 Å². The lowest BCUT2D eigenvalue weighted by Gasteiger charge is -2.33. The van der Waals surface area contributed by atoms with E-state index < -0.39 is 6.10 Å². The van der Waals surface area contributed by atoms with Gasteiger partial charge in [-0.05, 0) is 25.0 Å². The number of anilines is 1. The highest BCUT2D eigenvalue weighted by atomic mass is 16.5. The quantitative estimate of drug-likeness (QED) is 0.863. The smallest absolute Gasteiger partial charge is 0.251 e. The molecule has 1 saturated heterocycles. The Labute approximate surface area is 117 Å². The normalized spacial score (nSPS) is 22.1. The molecule has 6 heteroatoms. The van der Waals surface area contributed by atoms with Crippen LogP contribution in [0.3, 0.4) is 0 Å². The van der Waals surface area contributed by atoms with Crippen LogP contribution in [0.1, 0.15) is 18.4 Å². The molecule has 0 aromatic carbocycles. The lowest BCUT2D eigenvalue weighted by atomic mass is 10.2. The van der Waals surface area contributed by atoms with E-state index in [1.165, 1.54) is 0 Å². The highest BCUT2D eigenvalue weighted by Crippen LogP contribution is 2.21. The Kier molecular flexibility index (Phi) is 3.52. The summed E-state index contributed by atoms with van der Waals surface area (Å²) < 4.78 is 5.53. The second-order valence-electron chi connectivity index (χ2n) is 5.07. The molecule has 1 saturated carbocycles. The van der Waals surface area contributed by atoms with Crippen LogP contribution in [0.15, 0.2) is 18.3 Å². The van der Waals surface area contributed by atoms with Gasteiger partial charge in [0.15, 0.2) is 6.10 Å². The molecule has 1 aliphatic heterocycles. The van der Waals surface area contributed by atoms with Gasteiger partial charge in [0.05, 0.1) is 18.7 Å². The summed E-state index contributed by atoms with van der Waals surface area (Å²) in [5, 5.41) is 12.1. The van der Waals surface area contributed by atoms with Crippen molar-refractivity contribution in [2.75, 3.05) is 24.6 Å². The third kappa shape index (κ3) is 2.73. The van der Waals surface area contributed by atoms with Crippen LogP contribution in [0.2, 0.25) is 0 Å². The second-order valence-corrected chi connectivity index (χ2v) is 5.07. The molecule has 6 nitrogen and oxygen atoms in total. The fourth-order valence-corrected chi connectivity index (χ4v) is 2.26. The Balaban J connectivity index is 1.71. The van der Waals surface area contributed by atoms with E-state index in [1.807, 2.05) is 4.90 Å². The van der Waals surface area contributed by atoms with Gasteiger partial charge >= 0.3 is 0 Å². The van der Waals surface area contributed by atoms with E-state index in [-0.39, 0.29) is 5.91 Å². The Morgan fingerprint density at radius 3 is 3.15 bits per heavy atom. The number of nitrogens with one attached hydrogen (secondary N) is 1. The molecule has 2 aliphatic rings. The van der Waals surface area contributed by atoms with Gasteiger partial charge in [0, 0.05) is 18.8 Å². The molecule has 0 spiro atoms. The number of carbonyl (C=O) groups is 1. The summed E-state index contributed by atoms with van der Waals surface area (Å²) in [6.45, 7) is 1.54. The van der Waals surface area contributed by atoms with Crippen LogP contribution >= 0.6 is 0 Å². The standard InChI is InChI=1S/C14H16N4O2/c15-8-10-2-1-5-16-13(10)18-6-7-20-12(9-18)14(19)17-11-3-4-11/h1-2,5,11-12H,3-4,6-7,9H2,(H,17,19). The fourth-order valence-electron chi connectivity index (χ4n) is 2.26. The van der Waals surface area contributed by atoms with Crippen LogP contribution < -0.4 is 10.2 Å². The van der Waals surface area contributed by atoms with E-state index in [0.29, 0.717) is 37.1 Å². The molecule has 2 heterocycles. The Morgan fingerprint density at radius 1 is 1.55 bits per heavy atom. The molecule has 2 fully saturated rings. The summed E-state index contributed by atoms with van der Waals surface area (Å²) in [5.74, 6) is 0.564. The van der Waals surface area contributed by atoms with Crippen molar-refractivity contribution in [3.8, 4) is 6.07 Å². The van der Waals surface area contributed by atoms with Gasteiger partial charge in [-0.25, -0.2) is 4.98 Å². The highest BCUT2D eigenvalue weighted by Gasteiger charge is 2.32. The van der Waals surface area contributed by atoms with Crippen molar-refractivity contribution in [3.63, 3.8) is 0 Å². The largest absolute Gasteiger partial charge is 0.365 e. The number of nitrogens with zero attached hydrogens (tertiary/aromatic N) is 3. The zero-order valence-electron chi connectivity index (χ0n) is 11.1. The molecule has 1 N–H and O–H groups in total. The Morgan fingerprint density at radius 2 is 2.40 bits per heavy atom. The monoisotopic (exact) mass is 272 g/mol. The first-order valence-electron chi connectivity index (χ1n) is 6.80. The number of carbonyl (C=O) groups excluding carboxylic acids is 1. The first-order valence-corrected chi connectivity index (χ1v) is 6.80. The average Bonchev–Trinajstić information content (AvgIpc) is 3.31. The van der Waals surface area contributed by atoms with Crippen molar-refractivity contribution in [3.05, 3.63) is 23.9 Å². The minimum atomic E-state index is -0.488. The third-order valence-electron chi connectivity index (χ3n) is 3.49. The molecule has 0 radical (unpaired) electrons. The molecule has 1 amide bonds. The number of aromatic nitrogens is 1. The number of ether oxygens (including phenoxy) is 1. The number of rotatable bonds is 3. The van der Waals surface area contributed by atoms with E-state index in [4.69, 9.17) is 10.00 Å². The van der Waals surface area contributed by atoms with Crippen LogP contribution in [0.4, 0.5) is 5.82 Å². The van der Waals surface area contributed by atoms with Crippen LogP contribution in [-0.2, 0) is 9.53 Å². The van der Waals surface area contributed by atoms with E-state index in [0.717, 1.165) is 12.8 Å². The van der Waals surface area contributed by atoms with Gasteiger partial charge in [-0.1, -0.05) is 0 Å². The topological polar surface area (TPSA) is 78.2 Å². The maximum absolute atomic E-state index is 12.0. The van der Waals surface area contributed by atoms with Crippen molar-refractivity contribution in [2.45, 2.75) is 25.0 Å². The number of morpholine rings is 1. The van der Waals surface area contributed by atoms with Crippen LogP contribution in [0, 0.1) is 11.3 Å². The Hall–Kier alpha value is -2.13. The van der Waals surface area contributed by atoms with Crippen LogP contribution in [-0.4, -0.2) is 42.7 Å². The molecule has 1 unspecified atom stereocenters. The summed E-state index contributed by atoms with van der Waals surface area (Å²) in [6.07, 6.45) is 3.28. The number of pyridine rings is 1. The summed E-state index contributed by atoms with van der Waals surface area (Å²) >= 11 is 0. The fraction of sp³-hybridized carbons (Fsp3) is 0.500. The Bertz CT molecular complexity index is 550. The minimum Gasteiger partial charge on any atom is -0.365 e. The second kappa shape index (κ2) is 5.47. The summed E-state index contributed by atoms with van der Waals surface area (Å²) in [7, 11) is 0. The van der Waals surface area contributed by atoms with Crippen LogP contribution in [0.5, 0.6) is 0 Å². The number of amides is 1. The van der Waals surface area contributed by atoms with Gasteiger partial charge in [-0.2, -0.15) is 5.26 Å². The van der Waals surface area contributed by atoms with Crippen molar-refractivity contribution < 1.29 is 9.53 Å². The minimum absolute atomic E-state index is 0.0633. The van der Waals surface area contributed by atoms with Gasteiger partial charge in [0.2, 0.25) is 0 Å². The zero-order valence-corrected chi connectivity index (χ0v) is 11.1. The summed E-state index contributed by atoms with van der Waals surface area (Å²) in [6, 6.07) is 5.93. The summed E-state index contributed by atoms with van der Waals surface area (Å²) in [5.41, 5.74) is 0.524. The first-order chi connectivity index (χ1) is 9.78. The molecular formula is C14H16N4O2. The number of hydrogen-bond acceptors (Lipinski definition) is 5. The number of nitriles is 1. The highest BCUT2D eigenvalue weighted by molar-refractivity contribution is 5.82. The molecule has 104 valence electrons. The molecule has 3 rings (SSSR count). The van der Waals surface area contributed by atoms with Crippen molar-refractivity contribution in [1.82, 2.24) is 10.3 Å². The van der Waals surface area contributed by atoms with E-state index >= 15 is 0 Å². The molecule has 1 atom stereocenters. The summed E-state index contributed by atoms with van der Waals surface area (Å²) in [4.78, 5) is 18.2. The maximum atomic E-state index is 12.0.